The van der Waals surface area contributed by atoms with Crippen LogP contribution in [-0.2, 0) is 28.5 Å². The zero-order valence-electron chi connectivity index (χ0n) is 27.8. The van der Waals surface area contributed by atoms with E-state index in [1.807, 2.05) is 6.92 Å². The smallest absolute Gasteiger partial charge is 0.302 e. The van der Waals surface area contributed by atoms with E-state index < -0.39 is 24.6 Å². The molecule has 0 aromatic carbocycles. The summed E-state index contributed by atoms with van der Waals surface area (Å²) in [5.41, 5.74) is 0.126. The normalized spacial score (nSPS) is 57.2. The van der Waals surface area contributed by atoms with Crippen LogP contribution in [0.3, 0.4) is 0 Å². The van der Waals surface area contributed by atoms with Crippen LogP contribution < -0.4 is 0 Å². The van der Waals surface area contributed by atoms with E-state index in [1.54, 1.807) is 0 Å². The molecule has 2 aliphatic heterocycles. The lowest BCUT2D eigenvalue weighted by Gasteiger charge is -2.64. The lowest BCUT2D eigenvalue weighted by atomic mass is 9.41. The van der Waals surface area contributed by atoms with E-state index in [0.29, 0.717) is 24.4 Å². The van der Waals surface area contributed by atoms with Gasteiger partial charge in [-0.05, 0) is 96.7 Å². The van der Waals surface area contributed by atoms with Gasteiger partial charge in [-0.3, -0.25) is 4.79 Å². The molecule has 2 saturated heterocycles. The second-order valence-electron chi connectivity index (χ2n) is 17.0. The zero-order valence-corrected chi connectivity index (χ0v) is 27.8. The summed E-state index contributed by atoms with van der Waals surface area (Å²) >= 11 is 0. The lowest BCUT2D eigenvalue weighted by molar-refractivity contribution is -0.307. The van der Waals surface area contributed by atoms with Crippen molar-refractivity contribution < 1.29 is 43.8 Å². The van der Waals surface area contributed by atoms with Crippen LogP contribution in [0.1, 0.15) is 99.8 Å². The van der Waals surface area contributed by atoms with Crippen molar-refractivity contribution >= 4 is 5.97 Å². The van der Waals surface area contributed by atoms with E-state index in [0.717, 1.165) is 38.5 Å². The molecular formula is C35H56O9. The van der Waals surface area contributed by atoms with Crippen molar-refractivity contribution in [2.24, 2.45) is 50.7 Å². The second kappa shape index (κ2) is 10.3. The summed E-state index contributed by atoms with van der Waals surface area (Å²) < 4.78 is 31.2. The largest absolute Gasteiger partial charge is 0.462 e. The van der Waals surface area contributed by atoms with E-state index >= 15 is 0 Å². The van der Waals surface area contributed by atoms with Gasteiger partial charge in [-0.2, -0.15) is 0 Å². The quantitative estimate of drug-likeness (QED) is 0.307. The molecule has 7 fully saturated rings. The first-order valence-electron chi connectivity index (χ1n) is 17.4. The third-order valence-electron chi connectivity index (χ3n) is 14.9. The highest BCUT2D eigenvalue weighted by molar-refractivity contribution is 5.66. The minimum absolute atomic E-state index is 0.0668. The van der Waals surface area contributed by atoms with Gasteiger partial charge in [0, 0.05) is 25.9 Å². The van der Waals surface area contributed by atoms with Crippen molar-refractivity contribution in [1.29, 1.82) is 0 Å². The first-order chi connectivity index (χ1) is 20.6. The number of fused-ring (bicyclic) bond motifs is 4. The van der Waals surface area contributed by atoms with Gasteiger partial charge in [-0.25, -0.2) is 0 Å². The zero-order chi connectivity index (χ0) is 31.6. The maximum Gasteiger partial charge on any atom is 0.302 e. The first kappa shape index (κ1) is 31.8. The molecule has 5 saturated carbocycles. The van der Waals surface area contributed by atoms with Gasteiger partial charge >= 0.3 is 5.97 Å². The molecule has 7 aliphatic rings. The molecule has 2 spiro atoms. The average molecular weight is 621 g/mol. The van der Waals surface area contributed by atoms with Crippen LogP contribution in [-0.4, -0.2) is 83.7 Å². The van der Waals surface area contributed by atoms with Gasteiger partial charge in [0.1, 0.15) is 24.4 Å². The van der Waals surface area contributed by atoms with Crippen LogP contribution in [0.15, 0.2) is 0 Å². The topological polar surface area (TPSA) is 124 Å². The predicted molar refractivity (Wildman–Crippen MR) is 160 cm³/mol. The Morgan fingerprint density at radius 1 is 0.977 bits per heavy atom. The van der Waals surface area contributed by atoms with Gasteiger partial charge in [0.15, 0.2) is 12.6 Å². The molecule has 0 amide bonds. The monoisotopic (exact) mass is 620 g/mol. The number of rotatable bonds is 5. The maximum atomic E-state index is 12.7. The number of ether oxygens (including phenoxy) is 5. The fraction of sp³-hybridized carbons (Fsp3) is 0.971. The number of aliphatic hydroxyl groups is 3. The van der Waals surface area contributed by atoms with E-state index in [2.05, 4.69) is 34.6 Å². The fourth-order valence-corrected chi connectivity index (χ4v) is 13.2. The number of hydrogen-bond donors (Lipinski definition) is 3. The van der Waals surface area contributed by atoms with Gasteiger partial charge in [0.05, 0.1) is 18.8 Å². The highest BCUT2D eigenvalue weighted by Crippen LogP contribution is 2.89. The number of aliphatic hydroxyl groups excluding tert-OH is 3. The van der Waals surface area contributed by atoms with Crippen molar-refractivity contribution in [1.82, 2.24) is 0 Å². The van der Waals surface area contributed by atoms with Gasteiger partial charge < -0.3 is 39.0 Å². The molecule has 0 aromatic heterocycles. The Labute approximate surface area is 262 Å². The van der Waals surface area contributed by atoms with Crippen LogP contribution in [0.2, 0.25) is 0 Å². The summed E-state index contributed by atoms with van der Waals surface area (Å²) in [6.45, 7) is 16.1. The third kappa shape index (κ3) is 4.11. The molecule has 10 unspecified atom stereocenters. The maximum absolute atomic E-state index is 12.7. The highest BCUT2D eigenvalue weighted by atomic mass is 16.7. The number of carbonyl (C=O) groups excluding carboxylic acids is 1. The molecule has 0 radical (unpaired) electrons. The molecule has 0 aromatic rings. The first-order valence-corrected chi connectivity index (χ1v) is 17.4. The standard InChI is InChI=1S/C35H56O9/c1-8-40-25-13-18(2)26-22(43-25)15-33(7)23-14-21(42-19(3)36)29-31(4,5)24(44-30-28(39)27(38)20(37)16-41-30)9-10-35(29)17-34(23,35)12-11-32(26,33)6/h18,20-30,37-39H,8-17H2,1-7H3/t18?,20?,21?,22-,23?,24-,25+,26?,27?,28?,29?,30?,32+,33?,34-,35+/m0/s1. The molecule has 7 rings (SSSR count). The summed E-state index contributed by atoms with van der Waals surface area (Å²) in [5.74, 6) is 1.34. The Balaban J connectivity index is 1.20. The van der Waals surface area contributed by atoms with E-state index in [4.69, 9.17) is 23.7 Å². The average Bonchev–Trinajstić information content (AvgIpc) is 3.52. The van der Waals surface area contributed by atoms with Crippen LogP contribution in [0.4, 0.5) is 0 Å². The molecule has 44 heavy (non-hydrogen) atoms. The van der Waals surface area contributed by atoms with Gasteiger partial charge in [0.25, 0.3) is 0 Å². The summed E-state index contributed by atoms with van der Waals surface area (Å²) in [7, 11) is 0. The molecule has 9 heteroatoms. The van der Waals surface area contributed by atoms with E-state index in [9.17, 15) is 20.1 Å². The Morgan fingerprint density at radius 2 is 1.73 bits per heavy atom. The molecule has 9 nitrogen and oxygen atoms in total. The molecule has 5 aliphatic carbocycles. The van der Waals surface area contributed by atoms with Gasteiger partial charge in [-0.1, -0.05) is 34.6 Å². The van der Waals surface area contributed by atoms with Gasteiger partial charge in [0.2, 0.25) is 0 Å². The number of carbonyl (C=O) groups is 1. The molecular weight excluding hydrogens is 564 g/mol. The highest BCUT2D eigenvalue weighted by Gasteiger charge is 2.85. The van der Waals surface area contributed by atoms with E-state index in [-0.39, 0.29) is 70.2 Å². The minimum Gasteiger partial charge on any atom is -0.462 e. The Morgan fingerprint density at radius 3 is 2.43 bits per heavy atom. The van der Waals surface area contributed by atoms with Crippen molar-refractivity contribution in [3.63, 3.8) is 0 Å². The van der Waals surface area contributed by atoms with Crippen LogP contribution in [0.25, 0.3) is 0 Å². The van der Waals surface area contributed by atoms with E-state index in [1.165, 1.54) is 19.8 Å². The third-order valence-corrected chi connectivity index (χ3v) is 14.9. The Bertz CT molecular complexity index is 1150. The summed E-state index contributed by atoms with van der Waals surface area (Å²) in [6, 6.07) is 0. The predicted octanol–water partition coefficient (Wildman–Crippen LogP) is 4.19. The molecule has 0 bridgehead atoms. The lowest BCUT2D eigenvalue weighted by Crippen LogP contribution is -2.63. The van der Waals surface area contributed by atoms with Crippen LogP contribution >= 0.6 is 0 Å². The number of esters is 1. The molecule has 3 N–H and O–H groups in total. The van der Waals surface area contributed by atoms with Crippen LogP contribution in [0.5, 0.6) is 0 Å². The van der Waals surface area contributed by atoms with Crippen molar-refractivity contribution in [3.8, 4) is 0 Å². The van der Waals surface area contributed by atoms with Crippen molar-refractivity contribution in [2.75, 3.05) is 13.2 Å². The SMILES string of the molecule is CCO[C@H]1CC(C)C2[C@H](CC3(C)C4CC(OC(C)=O)C5C(C)(C)[C@@H](OC6OCC(O)C(O)C6O)CC[C@@]56C[C@@]46CC[C@]23C)O1. The summed E-state index contributed by atoms with van der Waals surface area (Å²) in [6.07, 6.45) is 2.98. The van der Waals surface area contributed by atoms with Crippen molar-refractivity contribution in [3.05, 3.63) is 0 Å². The van der Waals surface area contributed by atoms with Crippen molar-refractivity contribution in [2.45, 2.75) is 149 Å². The Hall–Kier alpha value is -0.810. The summed E-state index contributed by atoms with van der Waals surface area (Å²) in [5, 5.41) is 30.9. The molecule has 250 valence electrons. The molecule has 2 heterocycles. The second-order valence-corrected chi connectivity index (χ2v) is 17.0. The summed E-state index contributed by atoms with van der Waals surface area (Å²) in [4.78, 5) is 12.7. The fourth-order valence-electron chi connectivity index (χ4n) is 13.2. The number of hydrogen-bond acceptors (Lipinski definition) is 9. The Kier molecular flexibility index (Phi) is 7.47. The van der Waals surface area contributed by atoms with Crippen LogP contribution in [0, 0.1) is 50.7 Å². The molecule has 16 atom stereocenters. The minimum atomic E-state index is -1.33. The van der Waals surface area contributed by atoms with Gasteiger partial charge in [-0.15, -0.1) is 0 Å².